The third-order valence-electron chi connectivity index (χ3n) is 5.25. The summed E-state index contributed by atoms with van der Waals surface area (Å²) < 4.78 is 32.0. The number of benzene rings is 2. The fraction of sp³-hybridized carbons (Fsp3) is 0.409. The summed E-state index contributed by atoms with van der Waals surface area (Å²) in [5, 5.41) is 3.41. The van der Waals surface area contributed by atoms with Gasteiger partial charge in [-0.1, -0.05) is 23.7 Å². The van der Waals surface area contributed by atoms with Gasteiger partial charge in [-0.15, -0.1) is 0 Å². The number of hydrogen-bond donors (Lipinski definition) is 1. The number of ether oxygens (including phenoxy) is 1. The van der Waals surface area contributed by atoms with Crippen molar-refractivity contribution in [2.24, 2.45) is 0 Å². The van der Waals surface area contributed by atoms with Gasteiger partial charge >= 0.3 is 0 Å². The van der Waals surface area contributed by atoms with Crippen molar-refractivity contribution in [1.29, 1.82) is 0 Å². The second-order valence-corrected chi connectivity index (χ2v) is 9.93. The van der Waals surface area contributed by atoms with E-state index in [2.05, 4.69) is 10.2 Å². The maximum absolute atomic E-state index is 12.6. The summed E-state index contributed by atoms with van der Waals surface area (Å²) >= 11 is 5.84. The van der Waals surface area contributed by atoms with Crippen molar-refractivity contribution in [2.45, 2.75) is 12.8 Å². The van der Waals surface area contributed by atoms with Crippen molar-refractivity contribution >= 4 is 33.2 Å². The van der Waals surface area contributed by atoms with Crippen LogP contribution in [-0.2, 0) is 21.2 Å². The number of nitrogens with zero attached hydrogens (tertiary/aromatic N) is 2. The topological polar surface area (TPSA) is 79.0 Å². The molecule has 31 heavy (non-hydrogen) atoms. The normalized spacial score (nSPS) is 15.0. The molecule has 1 saturated heterocycles. The molecule has 1 heterocycles. The Hall–Kier alpha value is -2.29. The highest BCUT2D eigenvalue weighted by Crippen LogP contribution is 2.21. The van der Waals surface area contributed by atoms with Crippen molar-refractivity contribution in [3.8, 4) is 5.75 Å². The molecule has 0 bridgehead atoms. The molecule has 0 spiro atoms. The third-order valence-corrected chi connectivity index (χ3v) is 7.46. The fourth-order valence-corrected chi connectivity index (χ4v) is 5.09. The summed E-state index contributed by atoms with van der Waals surface area (Å²) in [6.45, 7) is 2.53. The first kappa shape index (κ1) is 23.4. The van der Waals surface area contributed by atoms with E-state index in [1.165, 1.54) is 0 Å². The van der Waals surface area contributed by atoms with Crippen molar-refractivity contribution in [1.82, 2.24) is 9.62 Å². The average molecular weight is 466 g/mol. The minimum atomic E-state index is -3.34. The summed E-state index contributed by atoms with van der Waals surface area (Å²) in [4.78, 5) is 14.2. The molecule has 168 valence electrons. The lowest BCUT2D eigenvalue weighted by Gasteiger charge is -2.35. The van der Waals surface area contributed by atoms with E-state index in [9.17, 15) is 13.2 Å². The van der Waals surface area contributed by atoms with Crippen LogP contribution in [0.15, 0.2) is 48.5 Å². The summed E-state index contributed by atoms with van der Waals surface area (Å²) in [6, 6.07) is 14.9. The summed E-state index contributed by atoms with van der Waals surface area (Å²) in [5.74, 6) is 0.689. The molecule has 1 amide bonds. The largest absolute Gasteiger partial charge is 0.497 e. The predicted molar refractivity (Wildman–Crippen MR) is 123 cm³/mol. The molecular weight excluding hydrogens is 438 g/mol. The Labute approximate surface area is 189 Å². The van der Waals surface area contributed by atoms with Crippen molar-refractivity contribution in [2.75, 3.05) is 50.5 Å². The monoisotopic (exact) mass is 465 g/mol. The van der Waals surface area contributed by atoms with Gasteiger partial charge in [0, 0.05) is 43.4 Å². The number of hydrogen-bond acceptors (Lipinski definition) is 5. The predicted octanol–water partition coefficient (Wildman–Crippen LogP) is 2.55. The molecule has 1 aliphatic rings. The molecule has 1 N–H and O–H groups in total. The molecule has 3 rings (SSSR count). The molecule has 7 nitrogen and oxygen atoms in total. The summed E-state index contributed by atoms with van der Waals surface area (Å²) in [5.41, 5.74) is 1.92. The lowest BCUT2D eigenvalue weighted by molar-refractivity contribution is -0.120. The molecule has 0 radical (unpaired) electrons. The van der Waals surface area contributed by atoms with E-state index < -0.39 is 10.0 Å². The van der Waals surface area contributed by atoms with Crippen LogP contribution in [0.5, 0.6) is 5.75 Å². The Morgan fingerprint density at radius 2 is 1.68 bits per heavy atom. The van der Waals surface area contributed by atoms with Crippen LogP contribution in [0.25, 0.3) is 0 Å². The number of sulfonamides is 1. The Morgan fingerprint density at radius 1 is 1.03 bits per heavy atom. The zero-order valence-corrected chi connectivity index (χ0v) is 19.2. The molecule has 2 aromatic carbocycles. The minimum absolute atomic E-state index is 0.0246. The van der Waals surface area contributed by atoms with E-state index in [0.717, 1.165) is 17.0 Å². The van der Waals surface area contributed by atoms with E-state index in [1.807, 2.05) is 24.3 Å². The molecule has 0 aromatic heterocycles. The number of nitrogens with one attached hydrogen (secondary N) is 1. The van der Waals surface area contributed by atoms with Crippen molar-refractivity contribution < 1.29 is 17.9 Å². The van der Waals surface area contributed by atoms with Gasteiger partial charge in [0.1, 0.15) is 5.75 Å². The zero-order valence-electron chi connectivity index (χ0n) is 17.6. The highest BCUT2D eigenvalue weighted by molar-refractivity contribution is 7.89. The van der Waals surface area contributed by atoms with Gasteiger partial charge in [0.15, 0.2) is 0 Å². The van der Waals surface area contributed by atoms with Crippen LogP contribution in [0, 0.1) is 0 Å². The van der Waals surface area contributed by atoms with Crippen LogP contribution in [0.2, 0.25) is 5.02 Å². The van der Waals surface area contributed by atoms with E-state index in [0.29, 0.717) is 44.2 Å². The molecule has 9 heteroatoms. The molecule has 0 aliphatic carbocycles. The first-order chi connectivity index (χ1) is 14.9. The molecular formula is C22H28ClN3O4S. The maximum atomic E-state index is 12.6. The van der Waals surface area contributed by atoms with Crippen LogP contribution >= 0.6 is 11.6 Å². The SMILES string of the molecule is COc1ccc(N2CCN(S(=O)(=O)CCCNC(=O)Cc3ccc(Cl)cc3)CC2)cc1. The number of halogens is 1. The number of methoxy groups -OCH3 is 1. The fourth-order valence-electron chi connectivity index (χ4n) is 3.48. The molecule has 2 aromatic rings. The number of anilines is 1. The average Bonchev–Trinajstić information content (AvgIpc) is 2.78. The number of amides is 1. The second kappa shape index (κ2) is 10.8. The van der Waals surface area contributed by atoms with Gasteiger partial charge in [-0.2, -0.15) is 4.31 Å². The van der Waals surface area contributed by atoms with E-state index in [1.54, 1.807) is 35.7 Å². The smallest absolute Gasteiger partial charge is 0.224 e. The van der Waals surface area contributed by atoms with Gasteiger partial charge in [-0.05, 0) is 48.4 Å². The molecule has 1 aliphatic heterocycles. The molecule has 1 fully saturated rings. The van der Waals surface area contributed by atoms with Gasteiger partial charge in [0.05, 0.1) is 19.3 Å². The van der Waals surface area contributed by atoms with Gasteiger partial charge in [0.2, 0.25) is 15.9 Å². The quantitative estimate of drug-likeness (QED) is 0.576. The van der Waals surface area contributed by atoms with Crippen LogP contribution in [0.4, 0.5) is 5.69 Å². The molecule has 0 atom stereocenters. The number of rotatable bonds is 9. The van der Waals surface area contributed by atoms with Crippen molar-refractivity contribution in [3.63, 3.8) is 0 Å². The lowest BCUT2D eigenvalue weighted by Crippen LogP contribution is -2.49. The molecule has 0 unspecified atom stereocenters. The van der Waals surface area contributed by atoms with E-state index in [-0.39, 0.29) is 18.1 Å². The number of carbonyl (C=O) groups is 1. The van der Waals surface area contributed by atoms with Gasteiger partial charge < -0.3 is 15.0 Å². The second-order valence-electron chi connectivity index (χ2n) is 7.41. The first-order valence-electron chi connectivity index (χ1n) is 10.3. The minimum Gasteiger partial charge on any atom is -0.497 e. The Kier molecular flexibility index (Phi) is 8.17. The van der Waals surface area contributed by atoms with Gasteiger partial charge in [-0.3, -0.25) is 4.79 Å². The Balaban J connectivity index is 1.38. The van der Waals surface area contributed by atoms with Crippen molar-refractivity contribution in [3.05, 3.63) is 59.1 Å². The standard InChI is InChI=1S/C22H28ClN3O4S/c1-30-21-9-7-20(8-10-21)25-12-14-26(15-13-25)31(28,29)16-2-11-24-22(27)17-18-3-5-19(23)6-4-18/h3-10H,2,11-17H2,1H3,(H,24,27). The third kappa shape index (κ3) is 6.85. The molecule has 0 saturated carbocycles. The van der Waals surface area contributed by atoms with E-state index in [4.69, 9.17) is 16.3 Å². The highest BCUT2D eigenvalue weighted by Gasteiger charge is 2.26. The zero-order chi connectivity index (χ0) is 22.3. The van der Waals surface area contributed by atoms with Crippen LogP contribution in [0.3, 0.4) is 0 Å². The lowest BCUT2D eigenvalue weighted by atomic mass is 10.1. The Bertz CT molecular complexity index is 957. The first-order valence-corrected chi connectivity index (χ1v) is 12.2. The van der Waals surface area contributed by atoms with Gasteiger partial charge in [0.25, 0.3) is 0 Å². The maximum Gasteiger partial charge on any atom is 0.224 e. The van der Waals surface area contributed by atoms with Crippen LogP contribution < -0.4 is 15.0 Å². The van der Waals surface area contributed by atoms with Gasteiger partial charge in [-0.25, -0.2) is 8.42 Å². The summed E-state index contributed by atoms with van der Waals surface area (Å²) in [6.07, 6.45) is 0.630. The Morgan fingerprint density at radius 3 is 2.29 bits per heavy atom. The number of carbonyl (C=O) groups excluding carboxylic acids is 1. The van der Waals surface area contributed by atoms with Crippen LogP contribution in [-0.4, -0.2) is 64.2 Å². The van der Waals surface area contributed by atoms with Crippen LogP contribution in [0.1, 0.15) is 12.0 Å². The summed E-state index contributed by atoms with van der Waals surface area (Å²) in [7, 11) is -1.71. The van der Waals surface area contributed by atoms with E-state index >= 15 is 0 Å². The highest BCUT2D eigenvalue weighted by atomic mass is 35.5. The number of piperazine rings is 1.